The molecule has 3 heterocycles. The second-order valence-electron chi connectivity index (χ2n) is 8.63. The van der Waals surface area contributed by atoms with Gasteiger partial charge in [-0.1, -0.05) is 19.4 Å². The number of rotatable bonds is 10. The molecule has 0 radical (unpaired) electrons. The van der Waals surface area contributed by atoms with Gasteiger partial charge in [0, 0.05) is 50.1 Å². The van der Waals surface area contributed by atoms with Crippen molar-refractivity contribution in [3.05, 3.63) is 60.2 Å². The molecular weight excluding hydrogens is 426 g/mol. The molecule has 0 atom stereocenters. The van der Waals surface area contributed by atoms with Crippen molar-refractivity contribution < 1.29 is 5.11 Å². The topological polar surface area (TPSA) is 108 Å². The van der Waals surface area contributed by atoms with E-state index < -0.39 is 0 Å². The fourth-order valence-electron chi connectivity index (χ4n) is 3.84. The number of aliphatic imine (C=N–C) groups is 1. The van der Waals surface area contributed by atoms with E-state index in [9.17, 15) is 5.11 Å². The molecule has 8 nitrogen and oxygen atoms in total. The Kier molecular flexibility index (Phi) is 8.65. The number of nitrogens with zero attached hydrogens (tertiary/aromatic N) is 5. The van der Waals surface area contributed by atoms with E-state index in [4.69, 9.17) is 9.98 Å². The van der Waals surface area contributed by atoms with Crippen LogP contribution in [0.4, 0.5) is 11.8 Å². The maximum atomic E-state index is 9.83. The van der Waals surface area contributed by atoms with Gasteiger partial charge in [0.25, 0.3) is 0 Å². The highest BCUT2D eigenvalue weighted by molar-refractivity contribution is 5.89. The molecule has 1 aliphatic rings. The first-order valence-corrected chi connectivity index (χ1v) is 12.1. The van der Waals surface area contributed by atoms with E-state index in [-0.39, 0.29) is 6.10 Å². The predicted octanol–water partition coefficient (Wildman–Crippen LogP) is 4.44. The average molecular weight is 460 g/mol. The third-order valence-corrected chi connectivity index (χ3v) is 5.89. The van der Waals surface area contributed by atoms with Crippen molar-refractivity contribution in [2.24, 2.45) is 4.99 Å². The summed E-state index contributed by atoms with van der Waals surface area (Å²) < 4.78 is 0. The van der Waals surface area contributed by atoms with E-state index in [0.717, 1.165) is 80.7 Å². The van der Waals surface area contributed by atoms with Crippen LogP contribution in [-0.2, 0) is 13.1 Å². The molecule has 0 aliphatic heterocycles. The van der Waals surface area contributed by atoms with E-state index in [1.54, 1.807) is 12.4 Å². The number of hydrogen-bond acceptors (Lipinski definition) is 8. The fraction of sp³-hybridized carbons (Fsp3) is 0.423. The Bertz CT molecular complexity index is 1060. The van der Waals surface area contributed by atoms with Crippen LogP contribution in [-0.4, -0.2) is 43.4 Å². The van der Waals surface area contributed by atoms with Gasteiger partial charge < -0.3 is 15.7 Å². The van der Waals surface area contributed by atoms with Gasteiger partial charge in [-0.2, -0.15) is 4.98 Å². The minimum atomic E-state index is -0.225. The highest BCUT2D eigenvalue weighted by atomic mass is 16.3. The van der Waals surface area contributed by atoms with Gasteiger partial charge >= 0.3 is 0 Å². The summed E-state index contributed by atoms with van der Waals surface area (Å²) in [6, 6.07) is 8.08. The molecule has 0 amide bonds. The Morgan fingerprint density at radius 1 is 1.00 bits per heavy atom. The van der Waals surface area contributed by atoms with Crippen LogP contribution in [0.2, 0.25) is 0 Å². The average Bonchev–Trinajstić information content (AvgIpc) is 2.87. The summed E-state index contributed by atoms with van der Waals surface area (Å²) in [6.07, 6.45) is 12.3. The van der Waals surface area contributed by atoms with Gasteiger partial charge in [-0.25, -0.2) is 9.98 Å². The van der Waals surface area contributed by atoms with Gasteiger partial charge in [-0.05, 0) is 61.4 Å². The molecule has 0 unspecified atom stereocenters. The zero-order valence-electron chi connectivity index (χ0n) is 19.7. The van der Waals surface area contributed by atoms with Gasteiger partial charge in [-0.15, -0.1) is 0 Å². The molecule has 1 aliphatic carbocycles. The molecule has 3 aromatic rings. The van der Waals surface area contributed by atoms with E-state index in [2.05, 4.69) is 38.6 Å². The number of aliphatic hydroxyl groups is 1. The molecule has 1 saturated carbocycles. The lowest BCUT2D eigenvalue weighted by Gasteiger charge is -2.18. The van der Waals surface area contributed by atoms with Crippen LogP contribution < -0.4 is 10.6 Å². The van der Waals surface area contributed by atoms with E-state index in [1.807, 2.05) is 30.6 Å². The van der Waals surface area contributed by atoms with Crippen molar-refractivity contribution in [1.82, 2.24) is 25.3 Å². The number of aliphatic hydroxyl groups excluding tert-OH is 1. The Morgan fingerprint density at radius 3 is 2.53 bits per heavy atom. The summed E-state index contributed by atoms with van der Waals surface area (Å²) in [4.78, 5) is 22.8. The second-order valence-corrected chi connectivity index (χ2v) is 8.63. The maximum absolute atomic E-state index is 9.83. The van der Waals surface area contributed by atoms with Gasteiger partial charge in [-0.3, -0.25) is 9.97 Å². The lowest BCUT2D eigenvalue weighted by Crippen LogP contribution is -2.17. The monoisotopic (exact) mass is 459 g/mol. The summed E-state index contributed by atoms with van der Waals surface area (Å²) >= 11 is 0. The number of hydrogen-bond donors (Lipinski definition) is 3. The Labute approximate surface area is 201 Å². The SMILES string of the molecule is CCCCNc1ncc(-c2ccc(CNCc3ccncc3)cn2)c(N=C2CCC(O)CC2)n1. The number of pyridine rings is 2. The molecule has 1 fully saturated rings. The Hall–Kier alpha value is -3.23. The molecule has 3 N–H and O–H groups in total. The highest BCUT2D eigenvalue weighted by Crippen LogP contribution is 2.29. The summed E-state index contributed by atoms with van der Waals surface area (Å²) in [5.41, 5.74) is 4.99. The molecule has 0 spiro atoms. The Morgan fingerprint density at radius 2 is 1.79 bits per heavy atom. The molecule has 0 aromatic carbocycles. The lowest BCUT2D eigenvalue weighted by atomic mass is 9.96. The van der Waals surface area contributed by atoms with E-state index in [1.165, 1.54) is 5.56 Å². The molecular formula is C26H33N7O. The second kappa shape index (κ2) is 12.3. The first kappa shape index (κ1) is 23.9. The van der Waals surface area contributed by atoms with Crippen molar-refractivity contribution in [2.75, 3.05) is 11.9 Å². The maximum Gasteiger partial charge on any atom is 0.224 e. The molecule has 178 valence electrons. The van der Waals surface area contributed by atoms with Gasteiger partial charge in [0.05, 0.1) is 17.4 Å². The van der Waals surface area contributed by atoms with E-state index in [0.29, 0.717) is 11.8 Å². The first-order chi connectivity index (χ1) is 16.7. The van der Waals surface area contributed by atoms with Crippen molar-refractivity contribution in [2.45, 2.75) is 64.6 Å². The number of anilines is 1. The quantitative estimate of drug-likeness (QED) is 0.385. The van der Waals surface area contributed by atoms with Gasteiger partial charge in [0.1, 0.15) is 0 Å². The van der Waals surface area contributed by atoms with Gasteiger partial charge in [0.2, 0.25) is 5.95 Å². The molecule has 3 aromatic heterocycles. The lowest BCUT2D eigenvalue weighted by molar-refractivity contribution is 0.152. The van der Waals surface area contributed by atoms with Crippen LogP contribution in [0, 0.1) is 0 Å². The van der Waals surface area contributed by atoms with Crippen LogP contribution in [0.5, 0.6) is 0 Å². The van der Waals surface area contributed by atoms with Crippen LogP contribution >= 0.6 is 0 Å². The standard InChI is InChI=1S/C26H33N7O/c1-2-3-12-29-26-31-18-23(25(33-26)32-21-5-7-22(34)8-6-21)24-9-4-20(17-30-24)16-28-15-19-10-13-27-14-11-19/h4,9-11,13-14,17-18,22,28,34H,2-3,5-8,12,15-16H2,1H3,(H,29,31,33). The third-order valence-electron chi connectivity index (χ3n) is 5.89. The first-order valence-electron chi connectivity index (χ1n) is 12.1. The molecule has 0 bridgehead atoms. The van der Waals surface area contributed by atoms with Crippen molar-refractivity contribution in [3.8, 4) is 11.3 Å². The molecule has 0 saturated heterocycles. The highest BCUT2D eigenvalue weighted by Gasteiger charge is 2.17. The van der Waals surface area contributed by atoms with Crippen molar-refractivity contribution in [3.63, 3.8) is 0 Å². The Balaban J connectivity index is 1.49. The zero-order valence-corrected chi connectivity index (χ0v) is 19.7. The van der Waals surface area contributed by atoms with Crippen molar-refractivity contribution >= 4 is 17.5 Å². The largest absolute Gasteiger partial charge is 0.393 e. The predicted molar refractivity (Wildman–Crippen MR) is 135 cm³/mol. The minimum absolute atomic E-state index is 0.225. The molecule has 4 rings (SSSR count). The summed E-state index contributed by atoms with van der Waals surface area (Å²) in [5, 5.41) is 16.6. The number of aromatic nitrogens is 4. The van der Waals surface area contributed by atoms with Crippen LogP contribution in [0.3, 0.4) is 0 Å². The summed E-state index contributed by atoms with van der Waals surface area (Å²) in [7, 11) is 0. The molecule has 34 heavy (non-hydrogen) atoms. The summed E-state index contributed by atoms with van der Waals surface area (Å²) in [6.45, 7) is 4.49. The fourth-order valence-corrected chi connectivity index (χ4v) is 3.84. The smallest absolute Gasteiger partial charge is 0.224 e. The van der Waals surface area contributed by atoms with Crippen LogP contribution in [0.25, 0.3) is 11.3 Å². The van der Waals surface area contributed by atoms with Crippen molar-refractivity contribution in [1.29, 1.82) is 0 Å². The molecule has 8 heteroatoms. The minimum Gasteiger partial charge on any atom is -0.393 e. The normalized spacial score (nSPS) is 15.8. The number of nitrogens with one attached hydrogen (secondary N) is 2. The van der Waals surface area contributed by atoms with Gasteiger partial charge in [0.15, 0.2) is 5.82 Å². The zero-order chi connectivity index (χ0) is 23.6. The van der Waals surface area contributed by atoms with Crippen LogP contribution in [0.15, 0.2) is 54.0 Å². The van der Waals surface area contributed by atoms with Crippen LogP contribution in [0.1, 0.15) is 56.6 Å². The summed E-state index contributed by atoms with van der Waals surface area (Å²) in [5.74, 6) is 1.22. The third kappa shape index (κ3) is 6.88. The number of unbranched alkanes of at least 4 members (excludes halogenated alkanes) is 1. The van der Waals surface area contributed by atoms with E-state index >= 15 is 0 Å².